The molecule has 2 heterocycles. The molecule has 0 bridgehead atoms. The van der Waals surface area contributed by atoms with Crippen molar-refractivity contribution in [1.29, 1.82) is 0 Å². The van der Waals surface area contributed by atoms with Crippen LogP contribution in [0.5, 0.6) is 0 Å². The zero-order valence-corrected chi connectivity index (χ0v) is 15.4. The van der Waals surface area contributed by atoms with Gasteiger partial charge in [0.25, 0.3) is 0 Å². The predicted molar refractivity (Wildman–Crippen MR) is 104 cm³/mol. The van der Waals surface area contributed by atoms with Crippen LogP contribution in [0.3, 0.4) is 0 Å². The van der Waals surface area contributed by atoms with Crippen molar-refractivity contribution in [3.8, 4) is 11.3 Å². The van der Waals surface area contributed by atoms with E-state index in [0.29, 0.717) is 6.04 Å². The lowest BCUT2D eigenvalue weighted by atomic mass is 9.95. The number of thiazole rings is 1. The number of aryl methyl sites for hydroxylation is 1. The van der Waals surface area contributed by atoms with Gasteiger partial charge in [-0.1, -0.05) is 49.1 Å². The minimum Gasteiger partial charge on any atom is -0.313 e. The Balaban J connectivity index is 1.84. The van der Waals surface area contributed by atoms with Crippen LogP contribution in [0.1, 0.15) is 43.7 Å². The number of hydrogen-bond acceptors (Lipinski definition) is 3. The fourth-order valence-corrected chi connectivity index (χ4v) is 4.55. The molecule has 1 aliphatic carbocycles. The number of rotatable bonds is 3. The summed E-state index contributed by atoms with van der Waals surface area (Å²) in [5.41, 5.74) is 4.78. The van der Waals surface area contributed by atoms with E-state index in [4.69, 9.17) is 4.99 Å². The van der Waals surface area contributed by atoms with Crippen molar-refractivity contribution in [1.82, 2.24) is 9.55 Å². The third-order valence-electron chi connectivity index (χ3n) is 4.90. The predicted octanol–water partition coefficient (Wildman–Crippen LogP) is 5.66. The highest BCUT2D eigenvalue weighted by atomic mass is 32.1. The van der Waals surface area contributed by atoms with Crippen molar-refractivity contribution in [2.45, 2.75) is 45.1 Å². The summed E-state index contributed by atoms with van der Waals surface area (Å²) in [5.74, 6) is 0. The molecule has 0 radical (unpaired) electrons. The monoisotopic (exact) mass is 349 g/mol. The molecule has 1 aliphatic rings. The summed E-state index contributed by atoms with van der Waals surface area (Å²) in [7, 11) is 0. The fraction of sp³-hybridized carbons (Fsp3) is 0.333. The first kappa shape index (κ1) is 16.3. The molecule has 0 aliphatic heterocycles. The Bertz CT molecular complexity index is 885. The van der Waals surface area contributed by atoms with Crippen LogP contribution in [0.15, 0.2) is 59.2 Å². The van der Waals surface area contributed by atoms with Gasteiger partial charge in [0.2, 0.25) is 0 Å². The molecule has 0 N–H and O–H groups in total. The maximum absolute atomic E-state index is 4.90. The molecule has 3 aromatic rings. The zero-order chi connectivity index (χ0) is 17.1. The van der Waals surface area contributed by atoms with Crippen LogP contribution in [-0.2, 0) is 0 Å². The molecule has 0 amide bonds. The standard InChI is InChI=1S/C21H23N3S/c1-16-9-11-17(12-10-16)20-15-25-21(23-18-6-5-13-22-14-18)24(20)19-7-3-2-4-8-19/h5-6,9-15,19H,2-4,7-8H2,1H3. The number of hydrogen-bond donors (Lipinski definition) is 0. The van der Waals surface area contributed by atoms with Gasteiger partial charge in [0.1, 0.15) is 0 Å². The highest BCUT2D eigenvalue weighted by Crippen LogP contribution is 2.32. The third-order valence-corrected chi connectivity index (χ3v) is 5.74. The van der Waals surface area contributed by atoms with Crippen LogP contribution in [0, 0.1) is 6.92 Å². The van der Waals surface area contributed by atoms with E-state index < -0.39 is 0 Å². The van der Waals surface area contributed by atoms with Crippen molar-refractivity contribution >= 4 is 17.0 Å². The summed E-state index contributed by atoms with van der Waals surface area (Å²) in [6.45, 7) is 2.13. The Kier molecular flexibility index (Phi) is 4.79. The highest BCUT2D eigenvalue weighted by Gasteiger charge is 2.20. The van der Waals surface area contributed by atoms with E-state index in [9.17, 15) is 0 Å². The summed E-state index contributed by atoms with van der Waals surface area (Å²) < 4.78 is 2.47. The van der Waals surface area contributed by atoms with Crippen LogP contribution < -0.4 is 4.80 Å². The summed E-state index contributed by atoms with van der Waals surface area (Å²) in [6, 6.07) is 13.3. The first-order valence-electron chi connectivity index (χ1n) is 9.03. The quantitative estimate of drug-likeness (QED) is 0.600. The fourth-order valence-electron chi connectivity index (χ4n) is 3.56. The second-order valence-electron chi connectivity index (χ2n) is 6.75. The molecule has 0 saturated heterocycles. The summed E-state index contributed by atoms with van der Waals surface area (Å²) in [5, 5.41) is 2.26. The molecule has 4 rings (SSSR count). The van der Waals surface area contributed by atoms with E-state index in [0.717, 1.165) is 10.5 Å². The van der Waals surface area contributed by atoms with Crippen LogP contribution in [-0.4, -0.2) is 9.55 Å². The largest absolute Gasteiger partial charge is 0.313 e. The summed E-state index contributed by atoms with van der Waals surface area (Å²) in [4.78, 5) is 10.2. The van der Waals surface area contributed by atoms with E-state index in [1.165, 1.54) is 48.9 Å². The maximum Gasteiger partial charge on any atom is 0.190 e. The lowest BCUT2D eigenvalue weighted by molar-refractivity contribution is 0.351. The van der Waals surface area contributed by atoms with Gasteiger partial charge < -0.3 is 4.57 Å². The third kappa shape index (κ3) is 3.59. The molecule has 0 atom stereocenters. The normalized spacial score (nSPS) is 16.3. The summed E-state index contributed by atoms with van der Waals surface area (Å²) >= 11 is 1.73. The molecule has 0 spiro atoms. The van der Waals surface area contributed by atoms with Gasteiger partial charge in [-0.15, -0.1) is 11.3 Å². The maximum atomic E-state index is 4.90. The van der Waals surface area contributed by atoms with E-state index >= 15 is 0 Å². The van der Waals surface area contributed by atoms with E-state index in [2.05, 4.69) is 46.1 Å². The number of pyridine rings is 1. The van der Waals surface area contributed by atoms with E-state index in [-0.39, 0.29) is 0 Å². The SMILES string of the molecule is Cc1ccc(-c2csc(=Nc3cccnc3)n2C2CCCCC2)cc1. The smallest absolute Gasteiger partial charge is 0.190 e. The molecule has 4 heteroatoms. The van der Waals surface area contributed by atoms with Crippen molar-refractivity contribution in [3.05, 3.63) is 64.5 Å². The van der Waals surface area contributed by atoms with Crippen LogP contribution in [0.2, 0.25) is 0 Å². The Morgan fingerprint density at radius 1 is 1.08 bits per heavy atom. The lowest BCUT2D eigenvalue weighted by Crippen LogP contribution is -2.23. The molecule has 0 unspecified atom stereocenters. The Hall–Kier alpha value is -2.20. The minimum atomic E-state index is 0.548. The van der Waals surface area contributed by atoms with Crippen molar-refractivity contribution in [2.75, 3.05) is 0 Å². The van der Waals surface area contributed by atoms with Crippen molar-refractivity contribution < 1.29 is 0 Å². The zero-order valence-electron chi connectivity index (χ0n) is 14.6. The van der Waals surface area contributed by atoms with Gasteiger partial charge >= 0.3 is 0 Å². The second-order valence-corrected chi connectivity index (χ2v) is 7.59. The van der Waals surface area contributed by atoms with E-state index in [1.807, 2.05) is 18.3 Å². The Morgan fingerprint density at radius 3 is 2.60 bits per heavy atom. The first-order valence-corrected chi connectivity index (χ1v) is 9.91. The van der Waals surface area contributed by atoms with E-state index in [1.54, 1.807) is 17.5 Å². The Morgan fingerprint density at radius 2 is 1.88 bits per heavy atom. The van der Waals surface area contributed by atoms with Gasteiger partial charge in [-0.25, -0.2) is 4.99 Å². The topological polar surface area (TPSA) is 30.2 Å². The molecule has 1 aromatic carbocycles. The molecule has 1 saturated carbocycles. The van der Waals surface area contributed by atoms with Gasteiger partial charge in [0.05, 0.1) is 17.6 Å². The number of benzene rings is 1. The molecule has 128 valence electrons. The van der Waals surface area contributed by atoms with Crippen molar-refractivity contribution in [3.63, 3.8) is 0 Å². The van der Waals surface area contributed by atoms with Gasteiger partial charge in [-0.05, 0) is 37.5 Å². The molecular weight excluding hydrogens is 326 g/mol. The highest BCUT2D eigenvalue weighted by molar-refractivity contribution is 7.07. The second kappa shape index (κ2) is 7.36. The number of nitrogens with zero attached hydrogens (tertiary/aromatic N) is 3. The minimum absolute atomic E-state index is 0.548. The number of aromatic nitrogens is 2. The van der Waals surface area contributed by atoms with Crippen LogP contribution >= 0.6 is 11.3 Å². The molecule has 25 heavy (non-hydrogen) atoms. The van der Waals surface area contributed by atoms with Gasteiger partial charge in [0.15, 0.2) is 4.80 Å². The Labute approximate surface area is 152 Å². The molecule has 3 nitrogen and oxygen atoms in total. The van der Waals surface area contributed by atoms with Gasteiger partial charge in [0, 0.05) is 17.6 Å². The molecular formula is C21H23N3S. The molecule has 2 aromatic heterocycles. The average Bonchev–Trinajstić information content (AvgIpc) is 3.07. The summed E-state index contributed by atoms with van der Waals surface area (Å²) in [6.07, 6.45) is 10.1. The lowest BCUT2D eigenvalue weighted by Gasteiger charge is -2.25. The average molecular weight is 350 g/mol. The van der Waals surface area contributed by atoms with Crippen LogP contribution in [0.25, 0.3) is 11.3 Å². The van der Waals surface area contributed by atoms with Gasteiger partial charge in [-0.3, -0.25) is 4.98 Å². The molecule has 1 fully saturated rings. The van der Waals surface area contributed by atoms with Crippen LogP contribution in [0.4, 0.5) is 5.69 Å². The van der Waals surface area contributed by atoms with Crippen molar-refractivity contribution in [2.24, 2.45) is 4.99 Å². The van der Waals surface area contributed by atoms with Gasteiger partial charge in [-0.2, -0.15) is 0 Å². The first-order chi connectivity index (χ1) is 12.3.